The Morgan fingerprint density at radius 2 is 1.06 bits per heavy atom. The van der Waals surface area contributed by atoms with Gasteiger partial charge in [-0.05, 0) is 24.3 Å². The molecule has 6 aromatic rings. The molecule has 4 heteroatoms. The van der Waals surface area contributed by atoms with Crippen LogP contribution in [0.5, 0.6) is 0 Å². The summed E-state index contributed by atoms with van der Waals surface area (Å²) in [6.45, 7) is 0. The molecule has 32 heavy (non-hydrogen) atoms. The molecule has 0 saturated heterocycles. The number of aromatic nitrogens is 4. The third kappa shape index (κ3) is 3.19. The number of rotatable bonds is 3. The zero-order chi connectivity index (χ0) is 21.3. The Bertz CT molecular complexity index is 1470. The molecule has 0 fully saturated rings. The maximum absolute atomic E-state index is 5.01. The third-order valence-corrected chi connectivity index (χ3v) is 5.58. The van der Waals surface area contributed by atoms with Gasteiger partial charge in [-0.3, -0.25) is 9.97 Å². The summed E-state index contributed by atoms with van der Waals surface area (Å²) in [6.07, 6.45) is 3.63. The quantitative estimate of drug-likeness (QED) is 0.331. The molecule has 0 bridgehead atoms. The third-order valence-electron chi connectivity index (χ3n) is 5.58. The lowest BCUT2D eigenvalue weighted by molar-refractivity contribution is 1.18. The van der Waals surface area contributed by atoms with E-state index in [4.69, 9.17) is 9.97 Å². The van der Waals surface area contributed by atoms with Crippen LogP contribution in [0.4, 0.5) is 0 Å². The predicted molar refractivity (Wildman–Crippen MR) is 129 cm³/mol. The predicted octanol–water partition coefficient (Wildman–Crippen LogP) is 6.57. The molecule has 3 aromatic carbocycles. The lowest BCUT2D eigenvalue weighted by Gasteiger charge is -2.11. The fourth-order valence-electron chi connectivity index (χ4n) is 4.06. The van der Waals surface area contributed by atoms with Gasteiger partial charge in [0, 0.05) is 39.9 Å². The summed E-state index contributed by atoms with van der Waals surface area (Å²) in [4.78, 5) is 19.2. The van der Waals surface area contributed by atoms with Crippen LogP contribution in [0.2, 0.25) is 0 Å². The number of benzene rings is 3. The Morgan fingerprint density at radius 1 is 0.469 bits per heavy atom. The Kier molecular flexibility index (Phi) is 4.40. The fourth-order valence-corrected chi connectivity index (χ4v) is 4.06. The zero-order valence-corrected chi connectivity index (χ0v) is 17.2. The van der Waals surface area contributed by atoms with Crippen molar-refractivity contribution in [3.05, 3.63) is 109 Å². The Labute approximate surface area is 185 Å². The maximum Gasteiger partial charge on any atom is 0.162 e. The van der Waals surface area contributed by atoms with E-state index in [0.29, 0.717) is 5.82 Å². The van der Waals surface area contributed by atoms with Gasteiger partial charge in [-0.25, -0.2) is 9.97 Å². The first-order chi connectivity index (χ1) is 15.9. The maximum atomic E-state index is 5.01. The zero-order valence-electron chi connectivity index (χ0n) is 17.2. The van der Waals surface area contributed by atoms with E-state index >= 15 is 0 Å². The van der Waals surface area contributed by atoms with Crippen molar-refractivity contribution in [1.29, 1.82) is 0 Å². The van der Waals surface area contributed by atoms with E-state index in [2.05, 4.69) is 52.4 Å². The molecule has 0 aliphatic heterocycles. The molecular weight excluding hydrogens is 392 g/mol. The normalized spacial score (nSPS) is 11.1. The average molecular weight is 410 g/mol. The van der Waals surface area contributed by atoms with Gasteiger partial charge in [0.1, 0.15) is 0 Å². The first kappa shape index (κ1) is 18.3. The van der Waals surface area contributed by atoms with Crippen LogP contribution < -0.4 is 0 Å². The highest BCUT2D eigenvalue weighted by molar-refractivity contribution is 5.95. The summed E-state index contributed by atoms with van der Waals surface area (Å²) in [6, 6.07) is 32.6. The van der Waals surface area contributed by atoms with E-state index in [1.165, 1.54) is 0 Å². The van der Waals surface area contributed by atoms with Crippen molar-refractivity contribution < 1.29 is 0 Å². The number of hydrogen-bond acceptors (Lipinski definition) is 4. The summed E-state index contributed by atoms with van der Waals surface area (Å²) < 4.78 is 0. The highest BCUT2D eigenvalue weighted by atomic mass is 14.9. The summed E-state index contributed by atoms with van der Waals surface area (Å²) in [5, 5.41) is 2.14. The second-order valence-corrected chi connectivity index (χ2v) is 7.59. The van der Waals surface area contributed by atoms with Gasteiger partial charge in [-0.1, -0.05) is 72.8 Å². The van der Waals surface area contributed by atoms with Crippen molar-refractivity contribution in [1.82, 2.24) is 19.9 Å². The van der Waals surface area contributed by atoms with Gasteiger partial charge >= 0.3 is 0 Å². The van der Waals surface area contributed by atoms with Crippen LogP contribution in [0.15, 0.2) is 109 Å². The van der Waals surface area contributed by atoms with E-state index in [0.717, 1.165) is 49.9 Å². The molecule has 0 aliphatic carbocycles. The molecule has 4 nitrogen and oxygen atoms in total. The molecule has 0 amide bonds. The van der Waals surface area contributed by atoms with Crippen LogP contribution >= 0.6 is 0 Å². The summed E-state index contributed by atoms with van der Waals surface area (Å²) in [7, 11) is 0. The number of pyridine rings is 2. The number of hydrogen-bond donors (Lipinski definition) is 0. The minimum absolute atomic E-state index is 0.651. The lowest BCUT2D eigenvalue weighted by atomic mass is 10.0. The van der Waals surface area contributed by atoms with E-state index in [1.807, 2.05) is 67.0 Å². The van der Waals surface area contributed by atoms with Crippen LogP contribution in [0.25, 0.3) is 55.7 Å². The monoisotopic (exact) mass is 410 g/mol. The largest absolute Gasteiger partial charge is 0.256 e. The van der Waals surface area contributed by atoms with Gasteiger partial charge < -0.3 is 0 Å². The Morgan fingerprint density at radius 3 is 1.78 bits per heavy atom. The SMILES string of the molecule is c1ccc(-c2cc(-c3cccc4cccnc34)nc(-c3cccc4cccnc34)n2)cc1. The van der Waals surface area contributed by atoms with Crippen LogP contribution in [0.1, 0.15) is 0 Å². The first-order valence-corrected chi connectivity index (χ1v) is 10.5. The Balaban J connectivity index is 1.65. The fraction of sp³-hybridized carbons (Fsp3) is 0. The number of fused-ring (bicyclic) bond motifs is 2. The van der Waals surface area contributed by atoms with Crippen LogP contribution in [0, 0.1) is 0 Å². The summed E-state index contributed by atoms with van der Waals surface area (Å²) >= 11 is 0. The van der Waals surface area contributed by atoms with Crippen molar-refractivity contribution in [3.8, 4) is 33.9 Å². The molecule has 0 saturated carbocycles. The van der Waals surface area contributed by atoms with E-state index in [9.17, 15) is 0 Å². The van der Waals surface area contributed by atoms with Gasteiger partial charge in [-0.2, -0.15) is 0 Å². The first-order valence-electron chi connectivity index (χ1n) is 10.5. The Hall–Kier alpha value is -4.44. The second kappa shape index (κ2) is 7.67. The topological polar surface area (TPSA) is 51.6 Å². The number of para-hydroxylation sites is 2. The van der Waals surface area contributed by atoms with Crippen molar-refractivity contribution in [2.45, 2.75) is 0 Å². The smallest absolute Gasteiger partial charge is 0.162 e. The van der Waals surface area contributed by atoms with Crippen molar-refractivity contribution in [2.24, 2.45) is 0 Å². The molecule has 0 spiro atoms. The highest BCUT2D eigenvalue weighted by Crippen LogP contribution is 2.32. The molecule has 0 atom stereocenters. The minimum atomic E-state index is 0.651. The average Bonchev–Trinajstić information content (AvgIpc) is 2.88. The second-order valence-electron chi connectivity index (χ2n) is 7.59. The molecule has 150 valence electrons. The van der Waals surface area contributed by atoms with Gasteiger partial charge in [0.05, 0.1) is 22.4 Å². The molecule has 0 unspecified atom stereocenters. The molecule has 0 aliphatic rings. The van der Waals surface area contributed by atoms with Gasteiger partial charge in [-0.15, -0.1) is 0 Å². The van der Waals surface area contributed by atoms with E-state index < -0.39 is 0 Å². The molecule has 0 radical (unpaired) electrons. The molecule has 3 aromatic heterocycles. The van der Waals surface area contributed by atoms with E-state index in [-0.39, 0.29) is 0 Å². The van der Waals surface area contributed by atoms with E-state index in [1.54, 1.807) is 0 Å². The van der Waals surface area contributed by atoms with Gasteiger partial charge in [0.15, 0.2) is 5.82 Å². The van der Waals surface area contributed by atoms with Crippen molar-refractivity contribution in [2.75, 3.05) is 0 Å². The molecule has 3 heterocycles. The molecule has 0 N–H and O–H groups in total. The van der Waals surface area contributed by atoms with Gasteiger partial charge in [0.2, 0.25) is 0 Å². The number of nitrogens with zero attached hydrogens (tertiary/aromatic N) is 4. The van der Waals surface area contributed by atoms with Crippen molar-refractivity contribution in [3.63, 3.8) is 0 Å². The molecule has 6 rings (SSSR count). The summed E-state index contributed by atoms with van der Waals surface area (Å²) in [5.41, 5.74) is 6.46. The lowest BCUT2D eigenvalue weighted by Crippen LogP contribution is -1.97. The van der Waals surface area contributed by atoms with Crippen LogP contribution in [-0.2, 0) is 0 Å². The van der Waals surface area contributed by atoms with Gasteiger partial charge in [0.25, 0.3) is 0 Å². The van der Waals surface area contributed by atoms with Crippen LogP contribution in [-0.4, -0.2) is 19.9 Å². The van der Waals surface area contributed by atoms with Crippen molar-refractivity contribution >= 4 is 21.8 Å². The van der Waals surface area contributed by atoms with Crippen LogP contribution in [0.3, 0.4) is 0 Å². The summed E-state index contributed by atoms with van der Waals surface area (Å²) in [5.74, 6) is 0.651. The standard InChI is InChI=1S/C28H18N4/c1-2-8-19(9-3-1)24-18-25(22-14-4-10-20-12-6-16-29-26(20)22)32-28(31-24)23-15-5-11-21-13-7-17-30-27(21)23/h1-18H. The molecular formula is C28H18N4. The highest BCUT2D eigenvalue weighted by Gasteiger charge is 2.15. The minimum Gasteiger partial charge on any atom is -0.256 e.